The second-order valence-corrected chi connectivity index (χ2v) is 6.25. The van der Waals surface area contributed by atoms with E-state index in [2.05, 4.69) is 51.5 Å². The number of aromatic nitrogens is 3. The zero-order valence-electron chi connectivity index (χ0n) is 11.0. The molecule has 4 heteroatoms. The number of fused-ring (bicyclic) bond motifs is 7. The van der Waals surface area contributed by atoms with Gasteiger partial charge in [0.2, 0.25) is 0 Å². The molecule has 1 aliphatic heterocycles. The summed E-state index contributed by atoms with van der Waals surface area (Å²) in [7, 11) is 2.15. The fourth-order valence-electron chi connectivity index (χ4n) is 3.28. The third-order valence-electron chi connectivity index (χ3n) is 4.20. The Kier molecular flexibility index (Phi) is 1.83. The Bertz CT molecular complexity index is 994. The monoisotopic (exact) mass is 278 g/mol. The molecule has 0 atom stereocenters. The summed E-state index contributed by atoms with van der Waals surface area (Å²) in [5, 5.41) is 2.63. The van der Waals surface area contributed by atoms with Crippen LogP contribution >= 0.6 is 11.3 Å². The molecule has 0 saturated heterocycles. The summed E-state index contributed by atoms with van der Waals surface area (Å²) in [6, 6.07) is 10.8. The van der Waals surface area contributed by atoms with Gasteiger partial charge in [0, 0.05) is 29.6 Å². The second kappa shape index (κ2) is 3.46. The molecule has 0 spiro atoms. The maximum absolute atomic E-state index is 4.29. The van der Waals surface area contributed by atoms with Gasteiger partial charge in [-0.3, -0.25) is 4.98 Å². The lowest BCUT2D eigenvalue weighted by Gasteiger charge is -1.93. The topological polar surface area (TPSA) is 21.7 Å². The molecule has 0 fully saturated rings. The highest BCUT2D eigenvalue weighted by Gasteiger charge is 2.31. The zero-order valence-corrected chi connectivity index (χ0v) is 11.8. The van der Waals surface area contributed by atoms with Gasteiger partial charge >= 0.3 is 5.65 Å². The van der Waals surface area contributed by atoms with E-state index in [0.717, 1.165) is 6.54 Å². The summed E-state index contributed by atoms with van der Waals surface area (Å²) < 4.78 is 6.07. The molecule has 0 bridgehead atoms. The summed E-state index contributed by atoms with van der Waals surface area (Å²) in [5.41, 5.74) is 5.37. The SMILES string of the molecule is Cn1c2ccncc2c2sc3[n+](c21)Cc1ccccc1-3. The van der Waals surface area contributed by atoms with Crippen LogP contribution in [0.5, 0.6) is 0 Å². The lowest BCUT2D eigenvalue weighted by Crippen LogP contribution is -2.32. The minimum atomic E-state index is 0.975. The molecule has 3 nitrogen and oxygen atoms in total. The van der Waals surface area contributed by atoms with E-state index in [-0.39, 0.29) is 0 Å². The highest BCUT2D eigenvalue weighted by atomic mass is 32.1. The van der Waals surface area contributed by atoms with E-state index in [4.69, 9.17) is 0 Å². The Hall–Kier alpha value is -2.20. The normalized spacial score (nSPS) is 13.1. The summed E-state index contributed by atoms with van der Waals surface area (Å²) in [6.45, 7) is 0.975. The number of aryl methyl sites for hydroxylation is 1. The van der Waals surface area contributed by atoms with Gasteiger partial charge in [0.1, 0.15) is 16.8 Å². The molecule has 4 heterocycles. The van der Waals surface area contributed by atoms with Crippen molar-refractivity contribution in [3.63, 3.8) is 0 Å². The largest absolute Gasteiger partial charge is 0.301 e. The van der Waals surface area contributed by atoms with Crippen LogP contribution in [0.3, 0.4) is 0 Å². The van der Waals surface area contributed by atoms with Gasteiger partial charge in [-0.25, -0.2) is 9.13 Å². The first-order chi connectivity index (χ1) is 9.84. The van der Waals surface area contributed by atoms with Crippen LogP contribution in [0.4, 0.5) is 0 Å². The standard InChI is InChI=1S/C16H12N3S/c1-18-13-6-7-17-8-12(13)14-15(18)19-9-10-4-2-3-5-11(10)16(19)20-14/h2-8H,9H2,1H3/q+1. The summed E-state index contributed by atoms with van der Waals surface area (Å²) in [6.07, 6.45) is 3.85. The average molecular weight is 278 g/mol. The van der Waals surface area contributed by atoms with E-state index in [1.54, 1.807) is 0 Å². The maximum Gasteiger partial charge on any atom is 0.301 e. The Balaban J connectivity index is 1.97. The average Bonchev–Trinajstić information content (AvgIpc) is 3.09. The van der Waals surface area contributed by atoms with Crippen LogP contribution in [0.25, 0.3) is 31.8 Å². The molecule has 0 aliphatic carbocycles. The van der Waals surface area contributed by atoms with Crippen molar-refractivity contribution in [2.24, 2.45) is 7.05 Å². The van der Waals surface area contributed by atoms with Crippen molar-refractivity contribution in [2.75, 3.05) is 0 Å². The molecule has 1 aromatic carbocycles. The van der Waals surface area contributed by atoms with Crippen LogP contribution in [0, 0.1) is 0 Å². The maximum atomic E-state index is 4.29. The molecule has 1 aliphatic rings. The van der Waals surface area contributed by atoms with Gasteiger partial charge in [-0.1, -0.05) is 29.5 Å². The van der Waals surface area contributed by atoms with Crippen molar-refractivity contribution >= 4 is 32.6 Å². The molecule has 0 N–H and O–H groups in total. The van der Waals surface area contributed by atoms with E-state index in [0.29, 0.717) is 0 Å². The molecule has 0 saturated carbocycles. The van der Waals surface area contributed by atoms with Crippen LogP contribution in [0.1, 0.15) is 5.56 Å². The molecule has 0 radical (unpaired) electrons. The first-order valence-electron chi connectivity index (χ1n) is 6.67. The van der Waals surface area contributed by atoms with Crippen LogP contribution in [0.2, 0.25) is 0 Å². The molecular formula is C16H12N3S+. The van der Waals surface area contributed by atoms with Crippen molar-refractivity contribution in [1.82, 2.24) is 9.55 Å². The van der Waals surface area contributed by atoms with Gasteiger partial charge in [0.05, 0.1) is 12.4 Å². The van der Waals surface area contributed by atoms with Crippen molar-refractivity contribution in [2.45, 2.75) is 6.54 Å². The van der Waals surface area contributed by atoms with Crippen molar-refractivity contribution in [3.05, 3.63) is 48.3 Å². The Morgan fingerprint density at radius 3 is 3.10 bits per heavy atom. The number of benzene rings is 1. The number of nitrogens with zero attached hydrogens (tertiary/aromatic N) is 3. The fourth-order valence-corrected chi connectivity index (χ4v) is 4.65. The second-order valence-electron chi connectivity index (χ2n) is 5.26. The fraction of sp³-hybridized carbons (Fsp3) is 0.125. The lowest BCUT2D eigenvalue weighted by molar-refractivity contribution is -0.644. The minimum Gasteiger partial charge on any atom is -0.264 e. The van der Waals surface area contributed by atoms with Crippen LogP contribution < -0.4 is 4.57 Å². The molecule has 3 aromatic heterocycles. The third-order valence-corrected chi connectivity index (χ3v) is 5.44. The molecule has 0 amide bonds. The molecule has 20 heavy (non-hydrogen) atoms. The van der Waals surface area contributed by atoms with Gasteiger partial charge in [-0.15, -0.1) is 0 Å². The predicted octanol–water partition coefficient (Wildman–Crippen LogP) is 3.10. The van der Waals surface area contributed by atoms with Crippen LogP contribution in [-0.2, 0) is 13.6 Å². The number of hydrogen-bond acceptors (Lipinski definition) is 2. The number of hydrogen-bond donors (Lipinski definition) is 0. The minimum absolute atomic E-state index is 0.975. The molecule has 5 rings (SSSR count). The Morgan fingerprint density at radius 2 is 2.15 bits per heavy atom. The number of pyridine rings is 1. The van der Waals surface area contributed by atoms with E-state index in [1.807, 2.05) is 23.7 Å². The van der Waals surface area contributed by atoms with Gasteiger partial charge in [0.15, 0.2) is 5.01 Å². The van der Waals surface area contributed by atoms with Gasteiger partial charge in [0.25, 0.3) is 0 Å². The van der Waals surface area contributed by atoms with Crippen molar-refractivity contribution in [3.8, 4) is 10.6 Å². The lowest BCUT2D eigenvalue weighted by atomic mass is 10.1. The highest BCUT2D eigenvalue weighted by molar-refractivity contribution is 7.22. The van der Waals surface area contributed by atoms with Crippen molar-refractivity contribution in [1.29, 1.82) is 0 Å². The zero-order chi connectivity index (χ0) is 13.3. The quantitative estimate of drug-likeness (QED) is 0.399. The van der Waals surface area contributed by atoms with Crippen molar-refractivity contribution < 1.29 is 4.57 Å². The van der Waals surface area contributed by atoms with Crippen LogP contribution in [-0.4, -0.2) is 9.55 Å². The van der Waals surface area contributed by atoms with Gasteiger partial charge in [-0.05, 0) is 6.07 Å². The number of thiazole rings is 1. The number of rotatable bonds is 0. The first-order valence-corrected chi connectivity index (χ1v) is 7.49. The Labute approximate surface area is 119 Å². The Morgan fingerprint density at radius 1 is 1.25 bits per heavy atom. The highest BCUT2D eigenvalue weighted by Crippen LogP contribution is 2.39. The third kappa shape index (κ3) is 1.11. The van der Waals surface area contributed by atoms with E-state index < -0.39 is 0 Å². The summed E-state index contributed by atoms with van der Waals surface area (Å²) >= 11 is 1.88. The molecule has 96 valence electrons. The van der Waals surface area contributed by atoms with Gasteiger partial charge < -0.3 is 0 Å². The van der Waals surface area contributed by atoms with Crippen LogP contribution in [0.15, 0.2) is 42.7 Å². The van der Waals surface area contributed by atoms with E-state index in [1.165, 1.54) is 37.4 Å². The van der Waals surface area contributed by atoms with E-state index >= 15 is 0 Å². The van der Waals surface area contributed by atoms with E-state index in [9.17, 15) is 0 Å². The smallest absolute Gasteiger partial charge is 0.264 e. The molecule has 4 aromatic rings. The van der Waals surface area contributed by atoms with Gasteiger partial charge in [-0.2, -0.15) is 0 Å². The summed E-state index contributed by atoms with van der Waals surface area (Å²) in [5.74, 6) is 0. The predicted molar refractivity (Wildman–Crippen MR) is 80.8 cm³/mol. The summed E-state index contributed by atoms with van der Waals surface area (Å²) in [4.78, 5) is 4.29. The molecule has 0 unspecified atom stereocenters. The first kappa shape index (κ1) is 10.6. The molecular weight excluding hydrogens is 266 g/mol.